The molecule has 5 heteroatoms. The summed E-state index contributed by atoms with van der Waals surface area (Å²) in [6.07, 6.45) is 0. The Balaban J connectivity index is 2.45. The molecule has 18 heavy (non-hydrogen) atoms. The van der Waals surface area contributed by atoms with Gasteiger partial charge >= 0.3 is 0 Å². The highest BCUT2D eigenvalue weighted by molar-refractivity contribution is 6.30. The molecular formula is C13H16ClN3O. The van der Waals surface area contributed by atoms with Gasteiger partial charge in [-0.15, -0.1) is 0 Å². The minimum Gasteiger partial charge on any atom is -0.494 e. The maximum atomic E-state index is 6.06. The molecule has 2 aromatic rings. The van der Waals surface area contributed by atoms with Crippen LogP contribution in [0.15, 0.2) is 24.3 Å². The van der Waals surface area contributed by atoms with Crippen LogP contribution < -0.4 is 10.5 Å². The van der Waals surface area contributed by atoms with E-state index >= 15 is 0 Å². The Bertz CT molecular complexity index is 551. The van der Waals surface area contributed by atoms with Crippen molar-refractivity contribution in [1.82, 2.24) is 9.55 Å². The van der Waals surface area contributed by atoms with Crippen molar-refractivity contribution in [2.24, 2.45) is 12.8 Å². The Morgan fingerprint density at radius 3 is 2.83 bits per heavy atom. The molecule has 0 atom stereocenters. The van der Waals surface area contributed by atoms with Crippen LogP contribution in [0.2, 0.25) is 5.15 Å². The summed E-state index contributed by atoms with van der Waals surface area (Å²) >= 11 is 6.06. The van der Waals surface area contributed by atoms with Crippen molar-refractivity contribution in [3.8, 4) is 17.1 Å². The molecule has 0 amide bonds. The van der Waals surface area contributed by atoms with Gasteiger partial charge in [0, 0.05) is 19.2 Å². The van der Waals surface area contributed by atoms with Gasteiger partial charge in [-0.3, -0.25) is 0 Å². The predicted molar refractivity (Wildman–Crippen MR) is 72.7 cm³/mol. The first-order valence-electron chi connectivity index (χ1n) is 5.81. The molecule has 4 nitrogen and oxygen atoms in total. The number of imidazole rings is 1. The second kappa shape index (κ2) is 5.42. The lowest BCUT2D eigenvalue weighted by molar-refractivity contribution is 0.340. The second-order valence-corrected chi connectivity index (χ2v) is 4.25. The van der Waals surface area contributed by atoms with E-state index in [0.29, 0.717) is 18.3 Å². The van der Waals surface area contributed by atoms with E-state index in [2.05, 4.69) is 4.98 Å². The molecule has 0 aliphatic heterocycles. The number of nitrogens with two attached hydrogens (primary N) is 1. The third-order valence-electron chi connectivity index (χ3n) is 2.76. The van der Waals surface area contributed by atoms with Crippen LogP contribution in [0.5, 0.6) is 5.75 Å². The molecule has 0 unspecified atom stereocenters. The molecule has 0 fully saturated rings. The first-order chi connectivity index (χ1) is 8.67. The van der Waals surface area contributed by atoms with Crippen molar-refractivity contribution in [3.63, 3.8) is 0 Å². The molecule has 0 saturated carbocycles. The van der Waals surface area contributed by atoms with Crippen LogP contribution in [0.1, 0.15) is 12.6 Å². The molecule has 2 rings (SSSR count). The fraction of sp³-hybridized carbons (Fsp3) is 0.308. The summed E-state index contributed by atoms with van der Waals surface area (Å²) in [5.74, 6) is 1.62. The van der Waals surface area contributed by atoms with Crippen LogP contribution in [0.4, 0.5) is 0 Å². The van der Waals surface area contributed by atoms with Gasteiger partial charge in [0.2, 0.25) is 0 Å². The average Bonchev–Trinajstić information content (AvgIpc) is 2.65. The normalized spacial score (nSPS) is 10.7. The van der Waals surface area contributed by atoms with E-state index in [0.717, 1.165) is 22.8 Å². The van der Waals surface area contributed by atoms with Crippen LogP contribution in [0.3, 0.4) is 0 Å². The van der Waals surface area contributed by atoms with Gasteiger partial charge in [0.1, 0.15) is 11.6 Å². The zero-order chi connectivity index (χ0) is 13.1. The summed E-state index contributed by atoms with van der Waals surface area (Å²) in [6.45, 7) is 2.96. The van der Waals surface area contributed by atoms with Gasteiger partial charge in [0.15, 0.2) is 5.15 Å². The molecule has 96 valence electrons. The Hall–Kier alpha value is -1.52. The van der Waals surface area contributed by atoms with Gasteiger partial charge in [-0.1, -0.05) is 23.7 Å². The van der Waals surface area contributed by atoms with Gasteiger partial charge in [0.05, 0.1) is 12.3 Å². The summed E-state index contributed by atoms with van der Waals surface area (Å²) in [4.78, 5) is 4.35. The number of rotatable bonds is 4. The topological polar surface area (TPSA) is 53.1 Å². The highest BCUT2D eigenvalue weighted by Crippen LogP contribution is 2.26. The van der Waals surface area contributed by atoms with E-state index in [4.69, 9.17) is 22.1 Å². The van der Waals surface area contributed by atoms with Crippen molar-refractivity contribution in [2.45, 2.75) is 13.5 Å². The lowest BCUT2D eigenvalue weighted by atomic mass is 10.2. The van der Waals surface area contributed by atoms with Gasteiger partial charge < -0.3 is 15.0 Å². The molecule has 2 N–H and O–H groups in total. The molecule has 1 heterocycles. The number of ether oxygens (including phenoxy) is 1. The number of hydrogen-bond acceptors (Lipinski definition) is 3. The summed E-state index contributed by atoms with van der Waals surface area (Å²) in [5, 5.41) is 0.455. The lowest BCUT2D eigenvalue weighted by Crippen LogP contribution is -2.04. The SMILES string of the molecule is CCOc1cccc(-c2nc(Cl)c(CN)n2C)c1. The van der Waals surface area contributed by atoms with Crippen LogP contribution >= 0.6 is 11.6 Å². The first-order valence-corrected chi connectivity index (χ1v) is 6.19. The van der Waals surface area contributed by atoms with E-state index < -0.39 is 0 Å². The van der Waals surface area contributed by atoms with E-state index in [-0.39, 0.29) is 0 Å². The second-order valence-electron chi connectivity index (χ2n) is 3.90. The van der Waals surface area contributed by atoms with E-state index in [1.807, 2.05) is 42.8 Å². The highest BCUT2D eigenvalue weighted by Gasteiger charge is 2.13. The predicted octanol–water partition coefficient (Wildman–Crippen LogP) is 2.60. The third-order valence-corrected chi connectivity index (χ3v) is 3.06. The fourth-order valence-electron chi connectivity index (χ4n) is 1.87. The maximum Gasteiger partial charge on any atom is 0.152 e. The zero-order valence-corrected chi connectivity index (χ0v) is 11.2. The van der Waals surface area contributed by atoms with Crippen molar-refractivity contribution in [2.75, 3.05) is 6.61 Å². The summed E-state index contributed by atoms with van der Waals surface area (Å²) in [7, 11) is 1.91. The highest BCUT2D eigenvalue weighted by atomic mass is 35.5. The maximum absolute atomic E-state index is 6.06. The number of aromatic nitrogens is 2. The van der Waals surface area contributed by atoms with Crippen molar-refractivity contribution in [1.29, 1.82) is 0 Å². The fourth-order valence-corrected chi connectivity index (χ4v) is 2.15. The van der Waals surface area contributed by atoms with Crippen LogP contribution in [0.25, 0.3) is 11.4 Å². The van der Waals surface area contributed by atoms with E-state index in [9.17, 15) is 0 Å². The molecule has 0 radical (unpaired) electrons. The number of halogens is 1. The van der Waals surface area contributed by atoms with Crippen molar-refractivity contribution >= 4 is 11.6 Å². The number of benzene rings is 1. The summed E-state index contributed by atoms with van der Waals surface area (Å²) in [6, 6.07) is 7.77. The van der Waals surface area contributed by atoms with Gasteiger partial charge in [-0.25, -0.2) is 4.98 Å². The first kappa shape index (κ1) is 12.9. The lowest BCUT2D eigenvalue weighted by Gasteiger charge is -2.07. The van der Waals surface area contributed by atoms with E-state index in [1.54, 1.807) is 0 Å². The molecule has 0 saturated heterocycles. The minimum atomic E-state index is 0.369. The summed E-state index contributed by atoms with van der Waals surface area (Å²) in [5.41, 5.74) is 7.44. The largest absolute Gasteiger partial charge is 0.494 e. The molecule has 0 spiro atoms. The Labute approximate surface area is 111 Å². The molecule has 0 aliphatic carbocycles. The van der Waals surface area contributed by atoms with Crippen LogP contribution in [-0.4, -0.2) is 16.2 Å². The third kappa shape index (κ3) is 2.35. The van der Waals surface area contributed by atoms with Gasteiger partial charge in [-0.2, -0.15) is 0 Å². The Morgan fingerprint density at radius 2 is 2.22 bits per heavy atom. The number of hydrogen-bond donors (Lipinski definition) is 1. The average molecular weight is 266 g/mol. The monoisotopic (exact) mass is 265 g/mol. The molecule has 0 bridgehead atoms. The van der Waals surface area contributed by atoms with Crippen LogP contribution in [-0.2, 0) is 13.6 Å². The standard InChI is InChI=1S/C13H16ClN3O/c1-3-18-10-6-4-5-9(7-10)13-16-12(14)11(8-15)17(13)2/h4-7H,3,8,15H2,1-2H3. The van der Waals surface area contributed by atoms with Gasteiger partial charge in [0.25, 0.3) is 0 Å². The van der Waals surface area contributed by atoms with Crippen LogP contribution in [0, 0.1) is 0 Å². The Morgan fingerprint density at radius 1 is 1.44 bits per heavy atom. The quantitative estimate of drug-likeness (QED) is 0.925. The molecule has 0 aliphatic rings. The summed E-state index contributed by atoms with van der Waals surface area (Å²) < 4.78 is 7.39. The number of nitrogens with zero attached hydrogens (tertiary/aromatic N) is 2. The molecule has 1 aromatic carbocycles. The van der Waals surface area contributed by atoms with E-state index in [1.165, 1.54) is 0 Å². The molecular weight excluding hydrogens is 250 g/mol. The minimum absolute atomic E-state index is 0.369. The van der Waals surface area contributed by atoms with Crippen molar-refractivity contribution in [3.05, 3.63) is 35.1 Å². The van der Waals surface area contributed by atoms with Crippen molar-refractivity contribution < 1.29 is 4.74 Å². The zero-order valence-electron chi connectivity index (χ0n) is 10.5. The smallest absolute Gasteiger partial charge is 0.152 e. The van der Waals surface area contributed by atoms with Gasteiger partial charge in [-0.05, 0) is 19.1 Å². The molecule has 1 aromatic heterocycles. The Kier molecular flexibility index (Phi) is 3.89.